The van der Waals surface area contributed by atoms with Crippen molar-refractivity contribution < 1.29 is 34.6 Å². The van der Waals surface area contributed by atoms with Gasteiger partial charge in [0, 0.05) is 0 Å². The number of quaternary nitrogens is 2. The molecule has 0 aromatic heterocycles. The summed E-state index contributed by atoms with van der Waals surface area (Å²) in [6.07, 6.45) is 5.68. The number of halogens is 2. The molecule has 0 bridgehead atoms. The van der Waals surface area contributed by atoms with Crippen molar-refractivity contribution in [2.45, 2.75) is 0 Å². The van der Waals surface area contributed by atoms with Gasteiger partial charge in [-0.2, -0.15) is 0 Å². The molecule has 0 radical (unpaired) electrons. The molecule has 0 aromatic rings. The van der Waals surface area contributed by atoms with Crippen LogP contribution in [0, 0.1) is 0 Å². The Balaban J connectivity index is 0. The zero-order chi connectivity index (χ0) is 9.57. The number of likely N-dealkylation sites (N-methyl/N-ethyl adjacent to an activating group) is 1. The van der Waals surface area contributed by atoms with Gasteiger partial charge < -0.3 is 30.1 Å². The second-order valence-corrected chi connectivity index (χ2v) is 3.35. The molecule has 0 saturated heterocycles. The van der Waals surface area contributed by atoms with E-state index in [2.05, 4.69) is 28.9 Å². The second-order valence-electron chi connectivity index (χ2n) is 3.35. The molecule has 0 fully saturated rings. The highest BCUT2D eigenvalue weighted by Gasteiger charge is 2.18. The molecule has 0 saturated carbocycles. The molecule has 2 N–H and O–H groups in total. The fourth-order valence-electron chi connectivity index (χ4n) is 1.09. The van der Waals surface area contributed by atoms with Crippen LogP contribution in [0.3, 0.4) is 0 Å². The zero-order valence-electron chi connectivity index (χ0n) is 8.94. The van der Waals surface area contributed by atoms with Crippen LogP contribution >= 0.6 is 0 Å². The van der Waals surface area contributed by atoms with Gasteiger partial charge in [0.05, 0.1) is 26.3 Å². The van der Waals surface area contributed by atoms with E-state index in [1.807, 2.05) is 18.9 Å². The van der Waals surface area contributed by atoms with Crippen LogP contribution in [0.25, 0.3) is 0 Å². The van der Waals surface area contributed by atoms with Gasteiger partial charge in [0.15, 0.2) is 12.7 Å². The van der Waals surface area contributed by atoms with Crippen molar-refractivity contribution in [2.24, 2.45) is 9.98 Å². The maximum Gasteiger partial charge on any atom is 0.189 e. The van der Waals surface area contributed by atoms with Crippen LogP contribution in [0.1, 0.15) is 0 Å². The number of nitrogens with zero attached hydrogens (tertiary/aromatic N) is 3. The minimum atomic E-state index is 0. The summed E-state index contributed by atoms with van der Waals surface area (Å²) in [7, 11) is 2.09. The SMILES string of the molecule is C1=NCC[NH2+]1.C=C[N+]1(C)C=NCC1.[Cl-].[Cl-]. The van der Waals surface area contributed by atoms with Crippen molar-refractivity contribution in [1.82, 2.24) is 0 Å². The predicted molar refractivity (Wildman–Crippen MR) is 54.8 cm³/mol. The second kappa shape index (κ2) is 8.85. The topological polar surface area (TPSA) is 41.3 Å². The van der Waals surface area contributed by atoms with Gasteiger partial charge >= 0.3 is 0 Å². The molecule has 2 rings (SSSR count). The zero-order valence-corrected chi connectivity index (χ0v) is 10.5. The van der Waals surface area contributed by atoms with Crippen molar-refractivity contribution in [3.63, 3.8) is 0 Å². The molecule has 2 heterocycles. The molecule has 0 amide bonds. The normalized spacial score (nSPS) is 25.9. The first-order chi connectivity index (χ1) is 6.27. The van der Waals surface area contributed by atoms with Crippen LogP contribution < -0.4 is 30.1 Å². The Morgan fingerprint density at radius 3 is 2.27 bits per heavy atom. The lowest BCUT2D eigenvalue weighted by atomic mass is 10.5. The van der Waals surface area contributed by atoms with E-state index >= 15 is 0 Å². The molecule has 4 nitrogen and oxygen atoms in total. The Morgan fingerprint density at radius 2 is 2.07 bits per heavy atom. The van der Waals surface area contributed by atoms with E-state index in [-0.39, 0.29) is 24.8 Å². The molecule has 2 aliphatic heterocycles. The first-order valence-electron chi connectivity index (χ1n) is 4.58. The third kappa shape index (κ3) is 6.62. The Labute approximate surface area is 104 Å². The predicted octanol–water partition coefficient (Wildman–Crippen LogP) is -6.78. The van der Waals surface area contributed by atoms with E-state index in [9.17, 15) is 0 Å². The molecule has 0 aromatic carbocycles. The van der Waals surface area contributed by atoms with Crippen molar-refractivity contribution in [1.29, 1.82) is 0 Å². The van der Waals surface area contributed by atoms with E-state index in [0.29, 0.717) is 0 Å². The summed E-state index contributed by atoms with van der Waals surface area (Å²) in [5.74, 6) is 0. The van der Waals surface area contributed by atoms with Gasteiger partial charge in [-0.15, -0.1) is 0 Å². The molecular weight excluding hydrogens is 235 g/mol. The van der Waals surface area contributed by atoms with Gasteiger partial charge in [-0.3, -0.25) is 4.48 Å². The molecule has 1 unspecified atom stereocenters. The average Bonchev–Trinajstić information content (AvgIpc) is 2.77. The molecular formula is C9H18Cl2N4. The molecule has 88 valence electrons. The maximum atomic E-state index is 4.08. The Morgan fingerprint density at radius 1 is 1.33 bits per heavy atom. The molecule has 6 heteroatoms. The minimum absolute atomic E-state index is 0. The van der Waals surface area contributed by atoms with Gasteiger partial charge in [-0.1, -0.05) is 0 Å². The highest BCUT2D eigenvalue weighted by molar-refractivity contribution is 5.48. The highest BCUT2D eigenvalue weighted by atomic mass is 35.5. The summed E-state index contributed by atoms with van der Waals surface area (Å²) in [6, 6.07) is 0. The Bertz CT molecular complexity index is 224. The van der Waals surface area contributed by atoms with Gasteiger partial charge in [0.2, 0.25) is 0 Å². The van der Waals surface area contributed by atoms with Crippen LogP contribution in [-0.4, -0.2) is 50.4 Å². The molecule has 0 spiro atoms. The summed E-state index contributed by atoms with van der Waals surface area (Å²) < 4.78 is 0.792. The summed E-state index contributed by atoms with van der Waals surface area (Å²) in [6.45, 7) is 7.88. The summed E-state index contributed by atoms with van der Waals surface area (Å²) in [4.78, 5) is 7.99. The standard InChI is InChI=1S/C6H11N2.C3H6N2.2ClH/c1-3-8(2)5-4-7-6-8;1-2-5-3-4-1;;/h3,6H,1,4-5H2,2H3;3H,1-2H2,(H,4,5);2*1H/q+1;;;/p-1. The summed E-state index contributed by atoms with van der Waals surface area (Å²) in [5, 5.41) is 2.07. The number of hydrogen-bond acceptors (Lipinski definition) is 2. The van der Waals surface area contributed by atoms with Crippen LogP contribution in [0.2, 0.25) is 0 Å². The van der Waals surface area contributed by atoms with Crippen molar-refractivity contribution in [3.8, 4) is 0 Å². The molecule has 0 aliphatic carbocycles. The van der Waals surface area contributed by atoms with E-state index in [1.165, 1.54) is 0 Å². The van der Waals surface area contributed by atoms with Gasteiger partial charge in [-0.25, -0.2) is 9.98 Å². The van der Waals surface area contributed by atoms with Gasteiger partial charge in [0.1, 0.15) is 13.1 Å². The third-order valence-electron chi connectivity index (χ3n) is 2.11. The average molecular weight is 253 g/mol. The van der Waals surface area contributed by atoms with E-state index in [1.54, 1.807) is 0 Å². The quantitative estimate of drug-likeness (QED) is 0.451. The van der Waals surface area contributed by atoms with Crippen LogP contribution in [-0.2, 0) is 0 Å². The van der Waals surface area contributed by atoms with Crippen LogP contribution in [0.15, 0.2) is 22.8 Å². The number of aliphatic imine (C=N–C) groups is 2. The van der Waals surface area contributed by atoms with Gasteiger partial charge in [0.25, 0.3) is 0 Å². The smallest absolute Gasteiger partial charge is 0.189 e. The van der Waals surface area contributed by atoms with Crippen molar-refractivity contribution in [2.75, 3.05) is 33.2 Å². The van der Waals surface area contributed by atoms with E-state index in [0.717, 1.165) is 30.7 Å². The van der Waals surface area contributed by atoms with Crippen molar-refractivity contribution in [3.05, 3.63) is 12.8 Å². The third-order valence-corrected chi connectivity index (χ3v) is 2.11. The van der Waals surface area contributed by atoms with Crippen LogP contribution in [0.4, 0.5) is 0 Å². The van der Waals surface area contributed by atoms with E-state index < -0.39 is 0 Å². The first-order valence-corrected chi connectivity index (χ1v) is 4.58. The van der Waals surface area contributed by atoms with Crippen molar-refractivity contribution >= 4 is 12.7 Å². The van der Waals surface area contributed by atoms with Gasteiger partial charge in [-0.05, 0) is 6.58 Å². The van der Waals surface area contributed by atoms with E-state index in [4.69, 9.17) is 0 Å². The van der Waals surface area contributed by atoms with Crippen LogP contribution in [0.5, 0.6) is 0 Å². The number of rotatable bonds is 1. The molecule has 15 heavy (non-hydrogen) atoms. The summed E-state index contributed by atoms with van der Waals surface area (Å²) >= 11 is 0. The molecule has 1 atom stereocenters. The number of nitrogens with two attached hydrogens (primary N) is 1. The first kappa shape index (κ1) is 17.0. The lowest BCUT2D eigenvalue weighted by molar-refractivity contribution is -0.750. The maximum absolute atomic E-state index is 4.08. The summed E-state index contributed by atoms with van der Waals surface area (Å²) in [5.41, 5.74) is 0. The number of hydrogen-bond donors (Lipinski definition) is 1. The fourth-order valence-corrected chi connectivity index (χ4v) is 1.09. The molecule has 2 aliphatic rings. The minimum Gasteiger partial charge on any atom is -1.00 e. The Kier molecular flexibility index (Phi) is 10.0. The fraction of sp³-hybridized carbons (Fsp3) is 0.556. The largest absolute Gasteiger partial charge is 1.00 e. The monoisotopic (exact) mass is 252 g/mol. The highest BCUT2D eigenvalue weighted by Crippen LogP contribution is 2.03. The lowest BCUT2D eigenvalue weighted by Crippen LogP contribution is -3.00. The Hall–Kier alpha value is -0.420. The lowest BCUT2D eigenvalue weighted by Gasteiger charge is -2.17.